The summed E-state index contributed by atoms with van der Waals surface area (Å²) >= 11 is 0. The summed E-state index contributed by atoms with van der Waals surface area (Å²) in [5.74, 6) is 0.160. The molecule has 1 N–H and O–H groups in total. The van der Waals surface area contributed by atoms with E-state index in [2.05, 4.69) is 9.80 Å². The maximum absolute atomic E-state index is 12.6. The highest BCUT2D eigenvalue weighted by Crippen LogP contribution is 2.18. The summed E-state index contributed by atoms with van der Waals surface area (Å²) in [4.78, 5) is 4.88. The molecule has 130 valence electrons. The lowest BCUT2D eigenvalue weighted by atomic mass is 10.2. The molecule has 1 heterocycles. The zero-order valence-corrected chi connectivity index (χ0v) is 15.1. The Balaban J connectivity index is 1.90. The van der Waals surface area contributed by atoms with Crippen molar-refractivity contribution in [3.63, 3.8) is 0 Å². The molecule has 1 fully saturated rings. The van der Waals surface area contributed by atoms with Crippen LogP contribution < -0.4 is 0 Å². The first kappa shape index (κ1) is 18.4. The third kappa shape index (κ3) is 5.28. The lowest BCUT2D eigenvalue weighted by molar-refractivity contribution is 0.0832. The summed E-state index contributed by atoms with van der Waals surface area (Å²) in [5, 5.41) is 9.42. The van der Waals surface area contributed by atoms with Crippen molar-refractivity contribution in [3.8, 4) is 0 Å². The van der Waals surface area contributed by atoms with E-state index in [0.717, 1.165) is 37.3 Å². The number of rotatable bonds is 6. The van der Waals surface area contributed by atoms with Gasteiger partial charge in [0.15, 0.2) is 9.84 Å². The molecule has 1 aliphatic rings. The third-order valence-corrected chi connectivity index (χ3v) is 6.17. The van der Waals surface area contributed by atoms with E-state index < -0.39 is 9.84 Å². The molecule has 0 aromatic heterocycles. The molecular weight excluding hydrogens is 312 g/mol. The number of nitrogens with zero attached hydrogens (tertiary/aromatic N) is 2. The molecule has 0 spiro atoms. The molecule has 1 aromatic carbocycles. The van der Waals surface area contributed by atoms with E-state index in [1.807, 2.05) is 26.0 Å². The van der Waals surface area contributed by atoms with E-state index in [-0.39, 0.29) is 11.9 Å². The lowest BCUT2D eigenvalue weighted by Crippen LogP contribution is -2.49. The first-order valence-electron chi connectivity index (χ1n) is 8.21. The maximum atomic E-state index is 12.6. The van der Waals surface area contributed by atoms with Gasteiger partial charge in [0.2, 0.25) is 0 Å². The van der Waals surface area contributed by atoms with Crippen LogP contribution in [0.2, 0.25) is 0 Å². The van der Waals surface area contributed by atoms with Gasteiger partial charge in [0.05, 0.1) is 16.8 Å². The zero-order valence-electron chi connectivity index (χ0n) is 14.3. The Kier molecular flexibility index (Phi) is 6.19. The van der Waals surface area contributed by atoms with Gasteiger partial charge in [-0.05, 0) is 38.0 Å². The van der Waals surface area contributed by atoms with Gasteiger partial charge in [-0.1, -0.05) is 12.1 Å². The van der Waals surface area contributed by atoms with Crippen molar-refractivity contribution in [2.45, 2.75) is 31.8 Å². The van der Waals surface area contributed by atoms with Crippen molar-refractivity contribution in [3.05, 3.63) is 29.3 Å². The predicted octanol–water partition coefficient (Wildman–Crippen LogP) is 1.08. The van der Waals surface area contributed by atoms with E-state index in [9.17, 15) is 13.5 Å². The molecule has 6 heteroatoms. The van der Waals surface area contributed by atoms with Crippen LogP contribution in [0.15, 0.2) is 23.1 Å². The second kappa shape index (κ2) is 7.75. The standard InChI is InChI=1S/C17H28N2O3S/c1-14-4-5-15(2)17(12-14)23(21,22)11-10-18-6-8-19(9-7-18)13-16(3)20/h4-5,12,16,20H,6-11,13H2,1-3H3/t16-/m0/s1. The van der Waals surface area contributed by atoms with Gasteiger partial charge in [-0.3, -0.25) is 9.80 Å². The number of benzene rings is 1. The van der Waals surface area contributed by atoms with E-state index in [1.54, 1.807) is 13.0 Å². The zero-order chi connectivity index (χ0) is 17.0. The van der Waals surface area contributed by atoms with E-state index >= 15 is 0 Å². The van der Waals surface area contributed by atoms with Crippen molar-refractivity contribution >= 4 is 9.84 Å². The van der Waals surface area contributed by atoms with Gasteiger partial charge < -0.3 is 5.11 Å². The maximum Gasteiger partial charge on any atom is 0.179 e. The van der Waals surface area contributed by atoms with Crippen molar-refractivity contribution in [1.82, 2.24) is 9.80 Å². The SMILES string of the molecule is Cc1ccc(C)c(S(=O)(=O)CCN2CCN(C[C@H](C)O)CC2)c1. The second-order valence-electron chi connectivity index (χ2n) is 6.58. The van der Waals surface area contributed by atoms with Crippen LogP contribution in [-0.2, 0) is 9.84 Å². The largest absolute Gasteiger partial charge is 0.392 e. The summed E-state index contributed by atoms with van der Waals surface area (Å²) in [7, 11) is -3.24. The molecule has 0 saturated carbocycles. The average molecular weight is 340 g/mol. The van der Waals surface area contributed by atoms with Crippen molar-refractivity contribution in [2.75, 3.05) is 45.0 Å². The van der Waals surface area contributed by atoms with Crippen LogP contribution in [0.3, 0.4) is 0 Å². The Morgan fingerprint density at radius 2 is 1.74 bits per heavy atom. The fourth-order valence-corrected chi connectivity index (χ4v) is 4.61. The Morgan fingerprint density at radius 3 is 2.35 bits per heavy atom. The number of aryl methyl sites for hydroxylation is 2. The molecule has 0 unspecified atom stereocenters. The predicted molar refractivity (Wildman–Crippen MR) is 92.5 cm³/mol. The third-order valence-electron chi connectivity index (χ3n) is 4.34. The number of aliphatic hydroxyl groups excluding tert-OH is 1. The van der Waals surface area contributed by atoms with Crippen molar-refractivity contribution in [2.24, 2.45) is 0 Å². The molecule has 1 saturated heterocycles. The minimum atomic E-state index is -3.24. The minimum absolute atomic E-state index is 0.160. The molecule has 0 aliphatic carbocycles. The number of β-amino-alcohol motifs (C(OH)–C–C–N with tert-alkyl or cyclic N) is 1. The molecule has 2 rings (SSSR count). The number of hydrogen-bond acceptors (Lipinski definition) is 5. The highest BCUT2D eigenvalue weighted by atomic mass is 32.2. The molecule has 23 heavy (non-hydrogen) atoms. The lowest BCUT2D eigenvalue weighted by Gasteiger charge is -2.35. The Bertz CT molecular complexity index is 621. The summed E-state index contributed by atoms with van der Waals surface area (Å²) < 4.78 is 25.2. The van der Waals surface area contributed by atoms with Crippen LogP contribution in [0.5, 0.6) is 0 Å². The Morgan fingerprint density at radius 1 is 1.13 bits per heavy atom. The molecule has 0 bridgehead atoms. The topological polar surface area (TPSA) is 60.9 Å². The summed E-state index contributed by atoms with van der Waals surface area (Å²) in [6.07, 6.45) is -0.314. The van der Waals surface area contributed by atoms with Crippen molar-refractivity contribution < 1.29 is 13.5 Å². The molecule has 1 aliphatic heterocycles. The second-order valence-corrected chi connectivity index (χ2v) is 8.66. The van der Waals surface area contributed by atoms with Gasteiger partial charge in [0.1, 0.15) is 0 Å². The number of piperazine rings is 1. The van der Waals surface area contributed by atoms with Gasteiger partial charge in [0.25, 0.3) is 0 Å². The van der Waals surface area contributed by atoms with Crippen LogP contribution >= 0.6 is 0 Å². The molecule has 0 amide bonds. The van der Waals surface area contributed by atoms with Gasteiger partial charge in [0, 0.05) is 39.3 Å². The first-order valence-corrected chi connectivity index (χ1v) is 9.86. The highest BCUT2D eigenvalue weighted by molar-refractivity contribution is 7.91. The van der Waals surface area contributed by atoms with Crippen molar-refractivity contribution in [1.29, 1.82) is 0 Å². The van der Waals surface area contributed by atoms with E-state index in [4.69, 9.17) is 0 Å². The van der Waals surface area contributed by atoms with Gasteiger partial charge in [-0.15, -0.1) is 0 Å². The fourth-order valence-electron chi connectivity index (χ4n) is 2.97. The smallest absolute Gasteiger partial charge is 0.179 e. The number of aliphatic hydroxyl groups is 1. The number of hydrogen-bond donors (Lipinski definition) is 1. The normalized spacial score (nSPS) is 19.0. The summed E-state index contributed by atoms with van der Waals surface area (Å²) in [6, 6.07) is 5.58. The molecule has 1 aromatic rings. The minimum Gasteiger partial charge on any atom is -0.392 e. The monoisotopic (exact) mass is 340 g/mol. The Labute approximate surface area is 139 Å². The first-order chi connectivity index (χ1) is 10.8. The highest BCUT2D eigenvalue weighted by Gasteiger charge is 2.22. The summed E-state index contributed by atoms with van der Waals surface area (Å²) in [5.41, 5.74) is 1.79. The van der Waals surface area contributed by atoms with Crippen LogP contribution in [-0.4, -0.2) is 74.4 Å². The van der Waals surface area contributed by atoms with Gasteiger partial charge in [-0.2, -0.15) is 0 Å². The number of sulfone groups is 1. The molecule has 5 nitrogen and oxygen atoms in total. The molecule has 1 atom stereocenters. The Hall–Kier alpha value is -0.950. The van der Waals surface area contributed by atoms with Gasteiger partial charge >= 0.3 is 0 Å². The van der Waals surface area contributed by atoms with E-state index in [1.165, 1.54) is 0 Å². The van der Waals surface area contributed by atoms with Crippen LogP contribution in [0.25, 0.3) is 0 Å². The quantitative estimate of drug-likeness (QED) is 0.840. The fraction of sp³-hybridized carbons (Fsp3) is 0.647. The van der Waals surface area contributed by atoms with E-state index in [0.29, 0.717) is 18.0 Å². The summed E-state index contributed by atoms with van der Waals surface area (Å²) in [6.45, 7) is 10.3. The molecule has 0 radical (unpaired) electrons. The van der Waals surface area contributed by atoms with Gasteiger partial charge in [-0.25, -0.2) is 8.42 Å². The molecular formula is C17H28N2O3S. The van der Waals surface area contributed by atoms with Crippen LogP contribution in [0.4, 0.5) is 0 Å². The van der Waals surface area contributed by atoms with Crippen LogP contribution in [0, 0.1) is 13.8 Å². The average Bonchev–Trinajstić information content (AvgIpc) is 2.48. The van der Waals surface area contributed by atoms with Crippen LogP contribution in [0.1, 0.15) is 18.1 Å².